The van der Waals surface area contributed by atoms with Crippen LogP contribution >= 0.6 is 0 Å². The van der Waals surface area contributed by atoms with Crippen LogP contribution in [0.25, 0.3) is 33.5 Å². The van der Waals surface area contributed by atoms with Crippen molar-refractivity contribution >= 4 is 22.1 Å². The largest absolute Gasteiger partial charge is 0.327 e. The molecule has 3 heterocycles. The van der Waals surface area contributed by atoms with Crippen LogP contribution in [0.3, 0.4) is 0 Å². The summed E-state index contributed by atoms with van der Waals surface area (Å²) < 4.78 is 1.91. The first-order valence-corrected chi connectivity index (χ1v) is 6.68. The number of rotatable bonds is 1. The molecule has 7 nitrogen and oxygen atoms in total. The zero-order chi connectivity index (χ0) is 15.3. The fraction of sp³-hybridized carbons (Fsp3) is 0.0667. The number of benzene rings is 1. The summed E-state index contributed by atoms with van der Waals surface area (Å²) in [5.41, 5.74) is 1.62. The van der Waals surface area contributed by atoms with Gasteiger partial charge >= 0.3 is 5.69 Å². The van der Waals surface area contributed by atoms with E-state index in [9.17, 15) is 9.59 Å². The number of aromatic amines is 2. The number of aromatic nitrogens is 5. The molecule has 1 aromatic carbocycles. The normalized spacial score (nSPS) is 11.3. The molecule has 0 atom stereocenters. The van der Waals surface area contributed by atoms with E-state index < -0.39 is 11.2 Å². The predicted molar refractivity (Wildman–Crippen MR) is 82.7 cm³/mol. The zero-order valence-electron chi connectivity index (χ0n) is 11.6. The Labute approximate surface area is 123 Å². The molecule has 0 fully saturated rings. The monoisotopic (exact) mass is 293 g/mol. The van der Waals surface area contributed by atoms with E-state index >= 15 is 0 Å². The molecule has 0 aliphatic heterocycles. The highest BCUT2D eigenvalue weighted by Gasteiger charge is 2.15. The molecule has 108 valence electrons. The number of nitrogens with zero attached hydrogens (tertiary/aromatic N) is 3. The summed E-state index contributed by atoms with van der Waals surface area (Å²) in [5.74, 6) is 0.645. The second kappa shape index (κ2) is 4.39. The quantitative estimate of drug-likeness (QED) is 0.550. The number of hydrogen-bond acceptors (Lipinski definition) is 4. The van der Waals surface area contributed by atoms with E-state index in [1.165, 1.54) is 0 Å². The Balaban J connectivity index is 2.15. The van der Waals surface area contributed by atoms with Crippen molar-refractivity contribution in [3.8, 4) is 11.4 Å². The SMILES string of the molecule is Cn1c(-c2ccnc3[nH]c(=O)[nH]c(=O)c23)nc2ccccc21. The average Bonchev–Trinajstić information content (AvgIpc) is 2.84. The van der Waals surface area contributed by atoms with Gasteiger partial charge in [-0.1, -0.05) is 12.1 Å². The Morgan fingerprint density at radius 2 is 1.91 bits per heavy atom. The van der Waals surface area contributed by atoms with Gasteiger partial charge in [-0.05, 0) is 18.2 Å². The lowest BCUT2D eigenvalue weighted by atomic mass is 10.1. The third-order valence-corrected chi connectivity index (χ3v) is 3.67. The molecule has 22 heavy (non-hydrogen) atoms. The van der Waals surface area contributed by atoms with Crippen LogP contribution in [0.2, 0.25) is 0 Å². The first kappa shape index (κ1) is 12.5. The van der Waals surface area contributed by atoms with Crippen molar-refractivity contribution in [1.29, 1.82) is 0 Å². The van der Waals surface area contributed by atoms with Crippen molar-refractivity contribution in [1.82, 2.24) is 24.5 Å². The third-order valence-electron chi connectivity index (χ3n) is 3.67. The lowest BCUT2D eigenvalue weighted by Crippen LogP contribution is -2.23. The van der Waals surface area contributed by atoms with Gasteiger partial charge in [0, 0.05) is 18.8 Å². The van der Waals surface area contributed by atoms with Crippen LogP contribution in [-0.4, -0.2) is 24.5 Å². The topological polar surface area (TPSA) is 96.4 Å². The number of nitrogens with one attached hydrogen (secondary N) is 2. The predicted octanol–water partition coefficient (Wildman–Crippen LogP) is 1.17. The molecule has 7 heteroatoms. The van der Waals surface area contributed by atoms with Crippen LogP contribution in [0.5, 0.6) is 0 Å². The molecule has 0 spiro atoms. The Morgan fingerprint density at radius 3 is 2.73 bits per heavy atom. The highest BCUT2D eigenvalue weighted by molar-refractivity contribution is 5.92. The van der Waals surface area contributed by atoms with E-state index in [4.69, 9.17) is 0 Å². The van der Waals surface area contributed by atoms with E-state index in [0.29, 0.717) is 16.8 Å². The molecule has 0 amide bonds. The number of H-pyrrole nitrogens is 2. The molecule has 0 bridgehead atoms. The molecule has 0 saturated heterocycles. The van der Waals surface area contributed by atoms with E-state index in [0.717, 1.165) is 11.0 Å². The average molecular weight is 293 g/mol. The van der Waals surface area contributed by atoms with Crippen LogP contribution in [0.4, 0.5) is 0 Å². The van der Waals surface area contributed by atoms with E-state index in [1.807, 2.05) is 35.9 Å². The molecule has 0 aliphatic rings. The van der Waals surface area contributed by atoms with E-state index in [2.05, 4.69) is 19.9 Å². The van der Waals surface area contributed by atoms with E-state index in [-0.39, 0.29) is 5.65 Å². The Bertz CT molecular complexity index is 1140. The van der Waals surface area contributed by atoms with Gasteiger partial charge in [-0.25, -0.2) is 14.8 Å². The fourth-order valence-corrected chi connectivity index (χ4v) is 2.66. The minimum atomic E-state index is -0.577. The second-order valence-corrected chi connectivity index (χ2v) is 4.97. The lowest BCUT2D eigenvalue weighted by molar-refractivity contribution is 0.959. The fourth-order valence-electron chi connectivity index (χ4n) is 2.66. The van der Waals surface area contributed by atoms with Gasteiger partial charge in [-0.15, -0.1) is 0 Å². The maximum atomic E-state index is 12.2. The van der Waals surface area contributed by atoms with Crippen molar-refractivity contribution in [2.24, 2.45) is 7.05 Å². The van der Waals surface area contributed by atoms with E-state index in [1.54, 1.807) is 12.3 Å². The van der Waals surface area contributed by atoms with Gasteiger partial charge in [0.15, 0.2) is 0 Å². The maximum absolute atomic E-state index is 12.2. The summed E-state index contributed by atoms with van der Waals surface area (Å²) in [5, 5.41) is 0.320. The second-order valence-electron chi connectivity index (χ2n) is 4.97. The first-order valence-electron chi connectivity index (χ1n) is 6.68. The smallest absolute Gasteiger partial charge is 0.327 e. The van der Waals surface area contributed by atoms with Gasteiger partial charge in [-0.3, -0.25) is 14.8 Å². The van der Waals surface area contributed by atoms with Crippen LogP contribution < -0.4 is 11.2 Å². The minimum Gasteiger partial charge on any atom is -0.327 e. The molecule has 4 aromatic rings. The Morgan fingerprint density at radius 1 is 1.09 bits per heavy atom. The molecule has 0 saturated carbocycles. The summed E-state index contributed by atoms with van der Waals surface area (Å²) in [6.07, 6.45) is 1.55. The molecule has 4 rings (SSSR count). The molecular formula is C15H11N5O2. The Kier molecular flexibility index (Phi) is 2.50. The van der Waals surface area contributed by atoms with Gasteiger partial charge in [0.25, 0.3) is 5.56 Å². The number of imidazole rings is 1. The molecular weight excluding hydrogens is 282 g/mol. The zero-order valence-corrected chi connectivity index (χ0v) is 11.6. The summed E-state index contributed by atoms with van der Waals surface area (Å²) in [7, 11) is 1.89. The summed E-state index contributed by atoms with van der Waals surface area (Å²) >= 11 is 0. The summed E-state index contributed by atoms with van der Waals surface area (Å²) in [4.78, 5) is 37.0. The lowest BCUT2D eigenvalue weighted by Gasteiger charge is -2.05. The van der Waals surface area contributed by atoms with Crippen LogP contribution in [0.1, 0.15) is 0 Å². The molecule has 0 aliphatic carbocycles. The highest BCUT2D eigenvalue weighted by Crippen LogP contribution is 2.26. The van der Waals surface area contributed by atoms with Crippen molar-refractivity contribution in [2.45, 2.75) is 0 Å². The highest BCUT2D eigenvalue weighted by atomic mass is 16.2. The summed E-state index contributed by atoms with van der Waals surface area (Å²) in [6.45, 7) is 0. The van der Waals surface area contributed by atoms with Crippen molar-refractivity contribution < 1.29 is 0 Å². The van der Waals surface area contributed by atoms with Crippen LogP contribution in [-0.2, 0) is 7.05 Å². The standard InChI is InChI=1S/C15H11N5O2/c1-20-10-5-3-2-4-9(10)17-13(20)8-6-7-16-12-11(8)14(21)19-15(22)18-12/h2-7H,1H3,(H2,16,18,19,21,22). The van der Waals surface area contributed by atoms with Crippen molar-refractivity contribution in [3.63, 3.8) is 0 Å². The minimum absolute atomic E-state index is 0.248. The Hall–Kier alpha value is -3.22. The van der Waals surface area contributed by atoms with Gasteiger partial charge in [0.1, 0.15) is 11.5 Å². The number of pyridine rings is 1. The number of hydrogen-bond donors (Lipinski definition) is 2. The number of para-hydroxylation sites is 2. The first-order chi connectivity index (χ1) is 10.6. The molecule has 0 unspecified atom stereocenters. The molecule has 0 radical (unpaired) electrons. The van der Waals surface area contributed by atoms with Gasteiger partial charge in [0.05, 0.1) is 16.4 Å². The van der Waals surface area contributed by atoms with Gasteiger partial charge in [-0.2, -0.15) is 0 Å². The number of fused-ring (bicyclic) bond motifs is 2. The third kappa shape index (κ3) is 1.69. The van der Waals surface area contributed by atoms with Gasteiger partial charge in [0.2, 0.25) is 0 Å². The molecule has 2 N–H and O–H groups in total. The summed E-state index contributed by atoms with van der Waals surface area (Å²) in [6, 6.07) is 9.43. The van der Waals surface area contributed by atoms with Gasteiger partial charge < -0.3 is 4.57 Å². The maximum Gasteiger partial charge on any atom is 0.327 e. The van der Waals surface area contributed by atoms with Crippen LogP contribution in [0.15, 0.2) is 46.1 Å². The number of aryl methyl sites for hydroxylation is 1. The van der Waals surface area contributed by atoms with Crippen molar-refractivity contribution in [2.75, 3.05) is 0 Å². The van der Waals surface area contributed by atoms with Crippen LogP contribution in [0, 0.1) is 0 Å². The van der Waals surface area contributed by atoms with Crippen molar-refractivity contribution in [3.05, 3.63) is 57.4 Å². The molecule has 3 aromatic heterocycles.